The number of hydrogen-bond donors (Lipinski definition) is 2. The Morgan fingerprint density at radius 1 is 1.23 bits per heavy atom. The van der Waals surface area contributed by atoms with Gasteiger partial charge in [0.2, 0.25) is 0 Å². The summed E-state index contributed by atoms with van der Waals surface area (Å²) in [5, 5.41) is 9.50. The standard InChI is InChI=1S/C16H23NO5/c1-9-6-11(18)7-10(2)12(9)8-13(17)14(19)21-15(20)22-16(3,4)5/h6-7,13,18H,8,17H2,1-5H3/t13-/m0/s1. The third-order valence-corrected chi connectivity index (χ3v) is 2.98. The van der Waals surface area contributed by atoms with Crippen molar-refractivity contribution in [2.75, 3.05) is 0 Å². The third kappa shape index (κ3) is 5.37. The number of esters is 1. The van der Waals surface area contributed by atoms with Crippen LogP contribution >= 0.6 is 0 Å². The second kappa shape index (κ2) is 6.79. The Labute approximate surface area is 130 Å². The Morgan fingerprint density at radius 2 is 1.73 bits per heavy atom. The second-order valence-electron chi connectivity index (χ2n) is 6.25. The number of carbonyl (C=O) groups excluding carboxylic acids is 2. The summed E-state index contributed by atoms with van der Waals surface area (Å²) in [5.41, 5.74) is 7.52. The van der Waals surface area contributed by atoms with Crippen LogP contribution in [0.1, 0.15) is 37.5 Å². The lowest BCUT2D eigenvalue weighted by Gasteiger charge is -2.19. The molecule has 0 aromatic heterocycles. The molecule has 0 unspecified atom stereocenters. The summed E-state index contributed by atoms with van der Waals surface area (Å²) >= 11 is 0. The fourth-order valence-corrected chi connectivity index (χ4v) is 2.02. The van der Waals surface area contributed by atoms with E-state index in [1.54, 1.807) is 32.9 Å². The lowest BCUT2D eigenvalue weighted by molar-refractivity contribution is -0.142. The minimum absolute atomic E-state index is 0.156. The Morgan fingerprint density at radius 3 is 2.18 bits per heavy atom. The quantitative estimate of drug-likeness (QED) is 0.657. The number of benzene rings is 1. The molecule has 1 aromatic rings. The van der Waals surface area contributed by atoms with Gasteiger partial charge in [0, 0.05) is 0 Å². The molecule has 0 heterocycles. The number of nitrogens with two attached hydrogens (primary N) is 1. The van der Waals surface area contributed by atoms with E-state index in [1.165, 1.54) is 0 Å². The second-order valence-corrected chi connectivity index (χ2v) is 6.25. The lowest BCUT2D eigenvalue weighted by atomic mass is 9.96. The Hall–Kier alpha value is -2.08. The van der Waals surface area contributed by atoms with Crippen molar-refractivity contribution in [2.45, 2.75) is 52.7 Å². The smallest absolute Gasteiger partial charge is 0.508 e. The van der Waals surface area contributed by atoms with Crippen molar-refractivity contribution < 1.29 is 24.2 Å². The summed E-state index contributed by atoms with van der Waals surface area (Å²) in [6, 6.07) is 2.19. The van der Waals surface area contributed by atoms with Gasteiger partial charge in [0.1, 0.15) is 17.4 Å². The van der Waals surface area contributed by atoms with Crippen molar-refractivity contribution in [1.29, 1.82) is 0 Å². The molecule has 1 atom stereocenters. The number of phenols is 1. The van der Waals surface area contributed by atoms with E-state index in [0.717, 1.165) is 16.7 Å². The predicted molar refractivity (Wildman–Crippen MR) is 81.6 cm³/mol. The Balaban J connectivity index is 2.71. The number of carbonyl (C=O) groups is 2. The number of rotatable bonds is 3. The van der Waals surface area contributed by atoms with Crippen molar-refractivity contribution in [2.24, 2.45) is 5.73 Å². The van der Waals surface area contributed by atoms with Crippen molar-refractivity contribution >= 4 is 12.1 Å². The maximum atomic E-state index is 11.8. The first-order valence-electron chi connectivity index (χ1n) is 6.99. The number of ether oxygens (including phenoxy) is 2. The van der Waals surface area contributed by atoms with E-state index in [-0.39, 0.29) is 12.2 Å². The lowest BCUT2D eigenvalue weighted by Crippen LogP contribution is -2.37. The van der Waals surface area contributed by atoms with E-state index in [1.807, 2.05) is 13.8 Å². The first-order chi connectivity index (χ1) is 9.99. The molecule has 0 spiro atoms. The van der Waals surface area contributed by atoms with E-state index in [2.05, 4.69) is 4.74 Å². The van der Waals surface area contributed by atoms with Gasteiger partial charge in [-0.25, -0.2) is 9.59 Å². The van der Waals surface area contributed by atoms with E-state index in [9.17, 15) is 14.7 Å². The van der Waals surface area contributed by atoms with Gasteiger partial charge < -0.3 is 20.3 Å². The number of phenolic OH excluding ortho intramolecular Hbond substituents is 1. The molecular formula is C16H23NO5. The van der Waals surface area contributed by atoms with Crippen LogP contribution in [0.3, 0.4) is 0 Å². The molecule has 0 saturated heterocycles. The molecular weight excluding hydrogens is 286 g/mol. The Bertz CT molecular complexity index is 551. The summed E-state index contributed by atoms with van der Waals surface area (Å²) in [6.07, 6.45) is -0.855. The number of aryl methyl sites for hydroxylation is 2. The first kappa shape index (κ1) is 18.0. The average Bonchev–Trinajstić information content (AvgIpc) is 2.30. The van der Waals surface area contributed by atoms with Crippen LogP contribution in [-0.2, 0) is 20.7 Å². The monoisotopic (exact) mass is 309 g/mol. The van der Waals surface area contributed by atoms with Crippen LogP contribution in [-0.4, -0.2) is 28.9 Å². The van der Waals surface area contributed by atoms with Crippen LogP contribution < -0.4 is 5.73 Å². The molecule has 122 valence electrons. The van der Waals surface area contributed by atoms with Gasteiger partial charge in [-0.2, -0.15) is 0 Å². The van der Waals surface area contributed by atoms with Crippen LogP contribution in [0.4, 0.5) is 4.79 Å². The highest BCUT2D eigenvalue weighted by molar-refractivity contribution is 5.85. The van der Waals surface area contributed by atoms with Crippen LogP contribution in [0.5, 0.6) is 5.75 Å². The molecule has 0 saturated carbocycles. The molecule has 6 nitrogen and oxygen atoms in total. The van der Waals surface area contributed by atoms with Gasteiger partial charge in [-0.05, 0) is 69.9 Å². The van der Waals surface area contributed by atoms with Crippen LogP contribution in [0.15, 0.2) is 12.1 Å². The van der Waals surface area contributed by atoms with Gasteiger partial charge in [-0.1, -0.05) is 0 Å². The van der Waals surface area contributed by atoms with Crippen molar-refractivity contribution in [3.63, 3.8) is 0 Å². The predicted octanol–water partition coefficient (Wildman–Crippen LogP) is 2.36. The largest absolute Gasteiger partial charge is 0.516 e. The van der Waals surface area contributed by atoms with Crippen LogP contribution in [0.2, 0.25) is 0 Å². The molecule has 0 bridgehead atoms. The van der Waals surface area contributed by atoms with Gasteiger partial charge in [-0.3, -0.25) is 0 Å². The zero-order valence-electron chi connectivity index (χ0n) is 13.6. The normalized spacial score (nSPS) is 12.6. The molecule has 0 aliphatic heterocycles. The van der Waals surface area contributed by atoms with Gasteiger partial charge in [0.05, 0.1) is 0 Å². The summed E-state index contributed by atoms with van der Waals surface area (Å²) in [4.78, 5) is 23.3. The maximum Gasteiger partial charge on any atom is 0.516 e. The molecule has 0 radical (unpaired) electrons. The minimum Gasteiger partial charge on any atom is -0.508 e. The van der Waals surface area contributed by atoms with E-state index in [4.69, 9.17) is 10.5 Å². The zero-order chi connectivity index (χ0) is 17.1. The van der Waals surface area contributed by atoms with Crippen molar-refractivity contribution in [3.05, 3.63) is 28.8 Å². The molecule has 1 rings (SSSR count). The molecule has 3 N–H and O–H groups in total. The van der Waals surface area contributed by atoms with E-state index < -0.39 is 23.8 Å². The molecule has 0 amide bonds. The van der Waals surface area contributed by atoms with Crippen molar-refractivity contribution in [1.82, 2.24) is 0 Å². The summed E-state index contributed by atoms with van der Waals surface area (Å²) in [5.74, 6) is -0.690. The summed E-state index contributed by atoms with van der Waals surface area (Å²) in [6.45, 7) is 8.63. The molecule has 6 heteroatoms. The fraction of sp³-hybridized carbons (Fsp3) is 0.500. The van der Waals surface area contributed by atoms with Gasteiger partial charge in [0.15, 0.2) is 0 Å². The van der Waals surface area contributed by atoms with Gasteiger partial charge >= 0.3 is 12.1 Å². The van der Waals surface area contributed by atoms with Crippen LogP contribution in [0, 0.1) is 13.8 Å². The van der Waals surface area contributed by atoms with Crippen LogP contribution in [0.25, 0.3) is 0 Å². The van der Waals surface area contributed by atoms with E-state index in [0.29, 0.717) is 0 Å². The number of hydrogen-bond acceptors (Lipinski definition) is 6. The average molecular weight is 309 g/mol. The third-order valence-electron chi connectivity index (χ3n) is 2.98. The molecule has 0 aliphatic rings. The highest BCUT2D eigenvalue weighted by Gasteiger charge is 2.24. The zero-order valence-corrected chi connectivity index (χ0v) is 13.6. The molecule has 0 fully saturated rings. The highest BCUT2D eigenvalue weighted by atomic mass is 16.7. The minimum atomic E-state index is -1.06. The van der Waals surface area contributed by atoms with Gasteiger partial charge in [-0.15, -0.1) is 0 Å². The Kier molecular flexibility index (Phi) is 5.54. The summed E-state index contributed by atoms with van der Waals surface area (Å²) in [7, 11) is 0. The molecule has 1 aromatic carbocycles. The molecule has 22 heavy (non-hydrogen) atoms. The topological polar surface area (TPSA) is 98.9 Å². The van der Waals surface area contributed by atoms with E-state index >= 15 is 0 Å². The number of aromatic hydroxyl groups is 1. The highest BCUT2D eigenvalue weighted by Crippen LogP contribution is 2.22. The SMILES string of the molecule is Cc1cc(O)cc(C)c1C[C@H](N)C(=O)OC(=O)OC(C)(C)C. The van der Waals surface area contributed by atoms with Gasteiger partial charge in [0.25, 0.3) is 0 Å². The fourth-order valence-electron chi connectivity index (χ4n) is 2.02. The summed E-state index contributed by atoms with van der Waals surface area (Å²) < 4.78 is 9.49. The van der Waals surface area contributed by atoms with Crippen molar-refractivity contribution in [3.8, 4) is 5.75 Å². The maximum absolute atomic E-state index is 11.8. The molecule has 0 aliphatic carbocycles. The first-order valence-corrected chi connectivity index (χ1v) is 6.99.